The molecule has 2 heterocycles. The van der Waals surface area contributed by atoms with E-state index in [1.165, 1.54) is 6.07 Å². The van der Waals surface area contributed by atoms with Crippen molar-refractivity contribution in [3.8, 4) is 11.5 Å². The van der Waals surface area contributed by atoms with Gasteiger partial charge in [-0.15, -0.1) is 0 Å². The van der Waals surface area contributed by atoms with Crippen molar-refractivity contribution in [2.24, 2.45) is 5.73 Å². The number of benzene rings is 1. The van der Waals surface area contributed by atoms with Gasteiger partial charge in [-0.25, -0.2) is 14.4 Å². The lowest BCUT2D eigenvalue weighted by Crippen LogP contribution is -2.07. The fraction of sp³-hybridized carbons (Fsp3) is 0.167. The Morgan fingerprint density at radius 3 is 3.05 bits per heavy atom. The van der Waals surface area contributed by atoms with Crippen LogP contribution in [0.15, 0.2) is 29.1 Å². The first-order chi connectivity index (χ1) is 9.17. The van der Waals surface area contributed by atoms with E-state index in [1.54, 1.807) is 12.4 Å². The van der Waals surface area contributed by atoms with Crippen LogP contribution in [0.3, 0.4) is 0 Å². The zero-order valence-electron chi connectivity index (χ0n) is 9.90. The van der Waals surface area contributed by atoms with Crippen molar-refractivity contribution >= 4 is 27.0 Å². The molecule has 7 heteroatoms. The van der Waals surface area contributed by atoms with E-state index in [4.69, 9.17) is 5.73 Å². The zero-order valence-corrected chi connectivity index (χ0v) is 11.5. The van der Waals surface area contributed by atoms with Gasteiger partial charge < -0.3 is 15.3 Å². The molecule has 0 saturated heterocycles. The van der Waals surface area contributed by atoms with Crippen molar-refractivity contribution in [1.29, 1.82) is 0 Å². The van der Waals surface area contributed by atoms with Crippen LogP contribution in [0, 0.1) is 5.82 Å². The molecule has 0 unspecified atom stereocenters. The third-order valence-corrected chi connectivity index (χ3v) is 3.39. The van der Waals surface area contributed by atoms with Gasteiger partial charge in [0.1, 0.15) is 11.5 Å². The molecule has 3 rings (SSSR count). The van der Waals surface area contributed by atoms with Gasteiger partial charge in [0, 0.05) is 25.4 Å². The first-order valence-corrected chi connectivity index (χ1v) is 6.53. The number of rotatable bonds is 3. The number of aromatic nitrogens is 4. The molecular weight excluding hydrogens is 313 g/mol. The van der Waals surface area contributed by atoms with E-state index in [0.29, 0.717) is 40.1 Å². The van der Waals surface area contributed by atoms with E-state index in [9.17, 15) is 4.39 Å². The van der Waals surface area contributed by atoms with Crippen LogP contribution in [0.4, 0.5) is 4.39 Å². The van der Waals surface area contributed by atoms with Crippen LogP contribution in [0.1, 0.15) is 0 Å². The molecule has 0 radical (unpaired) electrons. The number of nitrogens with one attached hydrogen (secondary N) is 1. The van der Waals surface area contributed by atoms with Gasteiger partial charge in [0.15, 0.2) is 5.82 Å². The summed E-state index contributed by atoms with van der Waals surface area (Å²) in [5.74, 6) is 0.291. The highest BCUT2D eigenvalue weighted by atomic mass is 79.9. The van der Waals surface area contributed by atoms with Gasteiger partial charge in [0.2, 0.25) is 0 Å². The van der Waals surface area contributed by atoms with Crippen LogP contribution in [-0.4, -0.2) is 26.1 Å². The molecule has 0 amide bonds. The normalized spacial score (nSPS) is 11.3. The molecule has 1 aromatic carbocycles. The highest BCUT2D eigenvalue weighted by Gasteiger charge is 2.10. The standard InChI is InChI=1S/C12H11BrFN5/c13-7-3-9-10(4-8(7)14)18-12(17-9)11-5-19(2-1-15)6-16-11/h3-6H,1-2,15H2,(H,17,18). The number of halogens is 2. The van der Waals surface area contributed by atoms with Gasteiger partial charge >= 0.3 is 0 Å². The summed E-state index contributed by atoms with van der Waals surface area (Å²) < 4.78 is 15.7. The molecule has 3 aromatic rings. The lowest BCUT2D eigenvalue weighted by molar-refractivity contribution is 0.623. The van der Waals surface area contributed by atoms with E-state index in [2.05, 4.69) is 30.9 Å². The smallest absolute Gasteiger partial charge is 0.158 e. The molecule has 0 bridgehead atoms. The maximum absolute atomic E-state index is 13.4. The van der Waals surface area contributed by atoms with Gasteiger partial charge in [-0.05, 0) is 22.0 Å². The minimum absolute atomic E-state index is 0.323. The summed E-state index contributed by atoms with van der Waals surface area (Å²) in [4.78, 5) is 11.7. The molecule has 0 fully saturated rings. The number of fused-ring (bicyclic) bond motifs is 1. The van der Waals surface area contributed by atoms with E-state index in [1.807, 2.05) is 10.8 Å². The number of nitrogens with zero attached hydrogens (tertiary/aromatic N) is 3. The van der Waals surface area contributed by atoms with Crippen LogP contribution in [-0.2, 0) is 6.54 Å². The van der Waals surface area contributed by atoms with Gasteiger partial charge in [0.25, 0.3) is 0 Å². The molecule has 19 heavy (non-hydrogen) atoms. The van der Waals surface area contributed by atoms with Crippen LogP contribution in [0.5, 0.6) is 0 Å². The fourth-order valence-corrected chi connectivity index (χ4v) is 2.21. The maximum atomic E-state index is 13.4. The first-order valence-electron chi connectivity index (χ1n) is 5.74. The second kappa shape index (κ2) is 4.75. The summed E-state index contributed by atoms with van der Waals surface area (Å²) in [6, 6.07) is 3.05. The Morgan fingerprint density at radius 2 is 2.26 bits per heavy atom. The highest BCUT2D eigenvalue weighted by Crippen LogP contribution is 2.24. The Bertz CT molecular complexity index is 694. The number of hydrogen-bond donors (Lipinski definition) is 2. The van der Waals surface area contributed by atoms with Crippen LogP contribution in [0.25, 0.3) is 22.6 Å². The van der Waals surface area contributed by atoms with E-state index in [-0.39, 0.29) is 5.82 Å². The van der Waals surface area contributed by atoms with Gasteiger partial charge in [0.05, 0.1) is 21.8 Å². The van der Waals surface area contributed by atoms with Crippen molar-refractivity contribution < 1.29 is 4.39 Å². The molecule has 0 aliphatic heterocycles. The molecule has 0 aliphatic rings. The van der Waals surface area contributed by atoms with Crippen LogP contribution >= 0.6 is 15.9 Å². The van der Waals surface area contributed by atoms with Crippen molar-refractivity contribution in [2.45, 2.75) is 6.54 Å². The summed E-state index contributed by atoms with van der Waals surface area (Å²) in [6.07, 6.45) is 3.56. The second-order valence-corrected chi connectivity index (χ2v) is 5.01. The molecule has 3 N–H and O–H groups in total. The molecule has 5 nitrogen and oxygen atoms in total. The number of aromatic amines is 1. The molecule has 2 aromatic heterocycles. The third-order valence-electron chi connectivity index (χ3n) is 2.79. The summed E-state index contributed by atoms with van der Waals surface area (Å²) in [7, 11) is 0. The number of H-pyrrole nitrogens is 1. The van der Waals surface area contributed by atoms with E-state index < -0.39 is 0 Å². The van der Waals surface area contributed by atoms with Crippen molar-refractivity contribution in [1.82, 2.24) is 19.5 Å². The lowest BCUT2D eigenvalue weighted by atomic mass is 10.3. The fourth-order valence-electron chi connectivity index (χ4n) is 1.88. The van der Waals surface area contributed by atoms with E-state index >= 15 is 0 Å². The Hall–Kier alpha value is -1.73. The average Bonchev–Trinajstić information content (AvgIpc) is 2.97. The topological polar surface area (TPSA) is 72.5 Å². The number of nitrogens with two attached hydrogens (primary N) is 1. The predicted molar refractivity (Wildman–Crippen MR) is 74.0 cm³/mol. The summed E-state index contributed by atoms with van der Waals surface area (Å²) in [5.41, 5.74) is 7.53. The molecular formula is C12H11BrFN5. The Kier molecular flexibility index (Phi) is 3.08. The molecule has 0 spiro atoms. The Labute approximate surface area is 116 Å². The Balaban J connectivity index is 2.04. The quantitative estimate of drug-likeness (QED) is 0.776. The largest absolute Gasteiger partial charge is 0.337 e. The molecule has 98 valence electrons. The predicted octanol–water partition coefficient (Wildman–Crippen LogP) is 2.29. The van der Waals surface area contributed by atoms with Crippen LogP contribution in [0.2, 0.25) is 0 Å². The summed E-state index contributed by atoms with van der Waals surface area (Å²) in [6.45, 7) is 1.25. The summed E-state index contributed by atoms with van der Waals surface area (Å²) >= 11 is 3.14. The van der Waals surface area contributed by atoms with Gasteiger partial charge in [-0.3, -0.25) is 0 Å². The molecule has 0 saturated carbocycles. The minimum Gasteiger partial charge on any atom is -0.337 e. The third kappa shape index (κ3) is 2.26. The zero-order chi connectivity index (χ0) is 13.4. The molecule has 0 aliphatic carbocycles. The average molecular weight is 324 g/mol. The van der Waals surface area contributed by atoms with Gasteiger partial charge in [-0.1, -0.05) is 0 Å². The number of hydrogen-bond acceptors (Lipinski definition) is 3. The van der Waals surface area contributed by atoms with Crippen molar-refractivity contribution in [3.05, 3.63) is 34.9 Å². The molecule has 0 atom stereocenters. The van der Waals surface area contributed by atoms with Crippen molar-refractivity contribution in [2.75, 3.05) is 6.54 Å². The minimum atomic E-state index is -0.323. The SMILES string of the molecule is NCCn1cnc(-c2nc3cc(Br)c(F)cc3[nH]2)c1. The maximum Gasteiger partial charge on any atom is 0.158 e. The monoisotopic (exact) mass is 323 g/mol. The summed E-state index contributed by atoms with van der Waals surface area (Å²) in [5, 5.41) is 0. The van der Waals surface area contributed by atoms with Gasteiger partial charge in [-0.2, -0.15) is 0 Å². The number of imidazole rings is 2. The highest BCUT2D eigenvalue weighted by molar-refractivity contribution is 9.10. The first kappa shape index (κ1) is 12.3. The van der Waals surface area contributed by atoms with Crippen LogP contribution < -0.4 is 5.73 Å². The lowest BCUT2D eigenvalue weighted by Gasteiger charge is -1.94. The van der Waals surface area contributed by atoms with E-state index in [0.717, 1.165) is 0 Å². The van der Waals surface area contributed by atoms with Crippen molar-refractivity contribution in [3.63, 3.8) is 0 Å². The second-order valence-electron chi connectivity index (χ2n) is 4.15. The Morgan fingerprint density at radius 1 is 1.42 bits per heavy atom.